The van der Waals surface area contributed by atoms with Crippen LogP contribution in [-0.4, -0.2) is 27.6 Å². The summed E-state index contributed by atoms with van der Waals surface area (Å²) in [5.74, 6) is -0.454. The second-order valence-corrected chi connectivity index (χ2v) is 2.33. The Morgan fingerprint density at radius 1 is 1.79 bits per heavy atom. The molecule has 1 rings (SSSR count). The van der Waals surface area contributed by atoms with Gasteiger partial charge in [-0.3, -0.25) is 10.00 Å². The van der Waals surface area contributed by atoms with Gasteiger partial charge < -0.3 is 9.84 Å². The monoisotopic (exact) mass is 207 g/mol. The first-order valence-electron chi connectivity index (χ1n) is 3.47. The molecule has 14 heavy (non-hydrogen) atoms. The van der Waals surface area contributed by atoms with Gasteiger partial charge in [-0.05, 0) is 0 Å². The number of aromatic nitrogens is 2. The molecular weight excluding hydrogens is 200 g/mol. The van der Waals surface area contributed by atoms with E-state index in [2.05, 4.69) is 9.84 Å². The molecule has 78 valence electrons. The summed E-state index contributed by atoms with van der Waals surface area (Å²) in [6.45, 7) is -3.04. The van der Waals surface area contributed by atoms with Crippen molar-refractivity contribution in [1.82, 2.24) is 9.78 Å². The lowest BCUT2D eigenvalue weighted by atomic mass is 10.5. The maximum absolute atomic E-state index is 11.8. The Balaban J connectivity index is 2.85. The van der Waals surface area contributed by atoms with Gasteiger partial charge in [-0.2, -0.15) is 8.78 Å². The van der Waals surface area contributed by atoms with Crippen LogP contribution in [0, 0.1) is 0 Å². The van der Waals surface area contributed by atoms with Gasteiger partial charge in [-0.15, -0.1) is 5.10 Å². The Labute approximate surface area is 77.1 Å². The number of carbonyl (C=O) groups is 1. The Hall–Kier alpha value is -1.86. The Kier molecular flexibility index (Phi) is 2.85. The van der Waals surface area contributed by atoms with Crippen LogP contribution >= 0.6 is 0 Å². The summed E-state index contributed by atoms with van der Waals surface area (Å²) < 4.78 is 28.7. The number of ether oxygens (including phenoxy) is 1. The van der Waals surface area contributed by atoms with E-state index in [1.54, 1.807) is 0 Å². The number of carboxylic acid groups (broad SMARTS) is 1. The minimum Gasteiger partial charge on any atom is -0.465 e. The first-order chi connectivity index (χ1) is 6.49. The number of anilines is 1. The molecule has 0 bridgehead atoms. The van der Waals surface area contributed by atoms with Crippen LogP contribution in [0.4, 0.5) is 19.3 Å². The van der Waals surface area contributed by atoms with Gasteiger partial charge in [0.1, 0.15) is 5.69 Å². The number of hydrogen-bond acceptors (Lipinski definition) is 3. The lowest BCUT2D eigenvalue weighted by molar-refractivity contribution is -0.0526. The van der Waals surface area contributed by atoms with E-state index >= 15 is 0 Å². The standard InChI is InChI=1S/C6H7F2N3O3/c1-11-2-3(9-6(12)13)4(10-11)14-5(7)8/h2,5,9H,1H3,(H,12,13). The molecule has 0 radical (unpaired) electrons. The first kappa shape index (κ1) is 10.2. The highest BCUT2D eigenvalue weighted by molar-refractivity contribution is 5.84. The Morgan fingerprint density at radius 3 is 2.93 bits per heavy atom. The van der Waals surface area contributed by atoms with E-state index < -0.39 is 18.6 Å². The van der Waals surface area contributed by atoms with Gasteiger partial charge in [-0.1, -0.05) is 0 Å². The zero-order chi connectivity index (χ0) is 10.7. The average molecular weight is 207 g/mol. The third kappa shape index (κ3) is 2.57. The fraction of sp³-hybridized carbons (Fsp3) is 0.333. The fourth-order valence-corrected chi connectivity index (χ4v) is 0.840. The molecule has 2 N–H and O–H groups in total. The summed E-state index contributed by atoms with van der Waals surface area (Å²) in [6.07, 6.45) is -0.164. The molecule has 0 aliphatic rings. The predicted octanol–water partition coefficient (Wildman–Crippen LogP) is 1.11. The number of rotatable bonds is 3. The van der Waals surface area contributed by atoms with Crippen LogP contribution in [0.15, 0.2) is 6.20 Å². The molecule has 0 aliphatic carbocycles. The number of hydrogen-bond donors (Lipinski definition) is 2. The number of nitrogens with zero attached hydrogens (tertiary/aromatic N) is 2. The maximum Gasteiger partial charge on any atom is 0.409 e. The van der Waals surface area contributed by atoms with Crippen molar-refractivity contribution in [3.05, 3.63) is 6.20 Å². The van der Waals surface area contributed by atoms with E-state index in [0.29, 0.717) is 0 Å². The predicted molar refractivity (Wildman–Crippen MR) is 41.5 cm³/mol. The van der Waals surface area contributed by atoms with E-state index in [9.17, 15) is 13.6 Å². The van der Waals surface area contributed by atoms with Crippen molar-refractivity contribution in [2.75, 3.05) is 5.32 Å². The highest BCUT2D eigenvalue weighted by Gasteiger charge is 2.15. The molecular formula is C6H7F2N3O3. The van der Waals surface area contributed by atoms with Crippen LogP contribution in [0.25, 0.3) is 0 Å². The van der Waals surface area contributed by atoms with Gasteiger partial charge in [0, 0.05) is 7.05 Å². The van der Waals surface area contributed by atoms with Gasteiger partial charge in [0.05, 0.1) is 6.20 Å². The van der Waals surface area contributed by atoms with Crippen LogP contribution in [0.5, 0.6) is 5.88 Å². The fourth-order valence-electron chi connectivity index (χ4n) is 0.840. The van der Waals surface area contributed by atoms with Gasteiger partial charge in [-0.25, -0.2) is 4.79 Å². The summed E-state index contributed by atoms with van der Waals surface area (Å²) >= 11 is 0. The molecule has 1 aromatic rings. The van der Waals surface area contributed by atoms with E-state index in [1.165, 1.54) is 13.2 Å². The topological polar surface area (TPSA) is 76.4 Å². The molecule has 0 saturated heterocycles. The van der Waals surface area contributed by atoms with Crippen molar-refractivity contribution >= 4 is 11.8 Å². The second-order valence-electron chi connectivity index (χ2n) is 2.33. The molecule has 8 heteroatoms. The normalized spacial score (nSPS) is 10.3. The minimum atomic E-state index is -3.04. The molecule has 1 amide bonds. The van der Waals surface area contributed by atoms with Crippen molar-refractivity contribution in [2.24, 2.45) is 7.05 Å². The molecule has 0 aromatic carbocycles. The van der Waals surface area contributed by atoms with Gasteiger partial charge >= 0.3 is 12.7 Å². The van der Waals surface area contributed by atoms with Crippen LogP contribution in [-0.2, 0) is 7.05 Å². The maximum atomic E-state index is 11.8. The van der Waals surface area contributed by atoms with E-state index in [0.717, 1.165) is 4.68 Å². The number of halogens is 2. The molecule has 0 aliphatic heterocycles. The quantitative estimate of drug-likeness (QED) is 0.778. The second kappa shape index (κ2) is 3.90. The molecule has 0 unspecified atom stereocenters. The minimum absolute atomic E-state index is 0.125. The zero-order valence-corrected chi connectivity index (χ0v) is 7.07. The van der Waals surface area contributed by atoms with Gasteiger partial charge in [0.25, 0.3) is 5.88 Å². The first-order valence-corrected chi connectivity index (χ1v) is 3.47. The molecule has 1 heterocycles. The van der Waals surface area contributed by atoms with Crippen LogP contribution in [0.2, 0.25) is 0 Å². The highest BCUT2D eigenvalue weighted by atomic mass is 19.3. The average Bonchev–Trinajstić information content (AvgIpc) is 2.28. The van der Waals surface area contributed by atoms with E-state index in [1.807, 2.05) is 5.32 Å². The molecule has 0 saturated carbocycles. The molecule has 0 spiro atoms. The third-order valence-electron chi connectivity index (χ3n) is 1.24. The molecule has 0 fully saturated rings. The van der Waals surface area contributed by atoms with Crippen LogP contribution < -0.4 is 10.1 Å². The smallest absolute Gasteiger partial charge is 0.409 e. The lowest BCUT2D eigenvalue weighted by Crippen LogP contribution is -2.09. The van der Waals surface area contributed by atoms with Gasteiger partial charge in [0.15, 0.2) is 0 Å². The Bertz CT molecular complexity index is 339. The molecule has 6 nitrogen and oxygen atoms in total. The summed E-state index contributed by atoms with van der Waals surface area (Å²) in [6, 6.07) is 0. The van der Waals surface area contributed by atoms with E-state index in [4.69, 9.17) is 5.11 Å². The number of amides is 1. The third-order valence-corrected chi connectivity index (χ3v) is 1.24. The van der Waals surface area contributed by atoms with E-state index in [-0.39, 0.29) is 5.69 Å². The summed E-state index contributed by atoms with van der Waals surface area (Å²) in [7, 11) is 1.45. The SMILES string of the molecule is Cn1cc(NC(=O)O)c(OC(F)F)n1. The van der Waals surface area contributed by atoms with Crippen molar-refractivity contribution in [3.8, 4) is 5.88 Å². The number of nitrogens with one attached hydrogen (secondary N) is 1. The number of aryl methyl sites for hydroxylation is 1. The van der Waals surface area contributed by atoms with Crippen molar-refractivity contribution < 1.29 is 23.4 Å². The summed E-state index contributed by atoms with van der Waals surface area (Å²) in [5, 5.41) is 13.7. The van der Waals surface area contributed by atoms with Gasteiger partial charge in [0.2, 0.25) is 0 Å². The zero-order valence-electron chi connectivity index (χ0n) is 7.07. The van der Waals surface area contributed by atoms with Crippen molar-refractivity contribution in [3.63, 3.8) is 0 Å². The van der Waals surface area contributed by atoms with Crippen molar-refractivity contribution in [1.29, 1.82) is 0 Å². The summed E-state index contributed by atoms with van der Waals surface area (Å²) in [4.78, 5) is 10.2. The lowest BCUT2D eigenvalue weighted by Gasteiger charge is -2.02. The van der Waals surface area contributed by atoms with Crippen LogP contribution in [0.1, 0.15) is 0 Å². The largest absolute Gasteiger partial charge is 0.465 e. The van der Waals surface area contributed by atoms with Crippen molar-refractivity contribution in [2.45, 2.75) is 6.61 Å². The van der Waals surface area contributed by atoms with Crippen LogP contribution in [0.3, 0.4) is 0 Å². The number of alkyl halides is 2. The summed E-state index contributed by atoms with van der Waals surface area (Å²) in [5.41, 5.74) is -0.125. The molecule has 0 atom stereocenters. The molecule has 1 aromatic heterocycles. The Morgan fingerprint density at radius 2 is 2.43 bits per heavy atom. The highest BCUT2D eigenvalue weighted by Crippen LogP contribution is 2.23.